The van der Waals surface area contributed by atoms with Crippen LogP contribution in [-0.2, 0) is 0 Å². The number of fused-ring (bicyclic) bond motifs is 3. The van der Waals surface area contributed by atoms with Gasteiger partial charge in [0, 0.05) is 39.7 Å². The van der Waals surface area contributed by atoms with Crippen LogP contribution in [0.5, 0.6) is 0 Å². The van der Waals surface area contributed by atoms with Gasteiger partial charge >= 0.3 is 5.97 Å². The molecule has 6 nitrogen and oxygen atoms in total. The first-order chi connectivity index (χ1) is 26.2. The highest BCUT2D eigenvalue weighted by atomic mass is 35.5. The third kappa shape index (κ3) is 6.17. The summed E-state index contributed by atoms with van der Waals surface area (Å²) in [6, 6.07) is 32.8. The van der Waals surface area contributed by atoms with Gasteiger partial charge in [0.2, 0.25) is 0 Å². The molecule has 1 aliphatic carbocycles. The molecule has 0 atom stereocenters. The zero-order valence-electron chi connectivity index (χ0n) is 28.7. The SMILES string of the molecule is O=C(O)c1c(-c2ccc(Cl)c(Cl)c2)cc2c(nc(-c3ccc4nc(-c5ccc(Cl)c(Cl)c5)ccc4c3)n2C2CCCCC2)c1-c1ccc2ncccc2c1. The van der Waals surface area contributed by atoms with Crippen molar-refractivity contribution < 1.29 is 9.90 Å². The van der Waals surface area contributed by atoms with Gasteiger partial charge < -0.3 is 9.67 Å². The minimum absolute atomic E-state index is 0.140. The maximum Gasteiger partial charge on any atom is 0.337 e. The molecule has 1 aliphatic rings. The van der Waals surface area contributed by atoms with E-state index in [1.165, 1.54) is 6.42 Å². The van der Waals surface area contributed by atoms with Crippen LogP contribution >= 0.6 is 46.4 Å². The third-order valence-corrected chi connectivity index (χ3v) is 11.9. The molecule has 10 heteroatoms. The molecular weight excluding hydrogens is 758 g/mol. The zero-order chi connectivity index (χ0) is 37.1. The van der Waals surface area contributed by atoms with E-state index in [-0.39, 0.29) is 11.6 Å². The largest absolute Gasteiger partial charge is 0.478 e. The van der Waals surface area contributed by atoms with E-state index >= 15 is 0 Å². The van der Waals surface area contributed by atoms with Crippen molar-refractivity contribution in [3.63, 3.8) is 0 Å². The lowest BCUT2D eigenvalue weighted by Gasteiger charge is -2.26. The highest BCUT2D eigenvalue weighted by Gasteiger charge is 2.29. The van der Waals surface area contributed by atoms with E-state index in [2.05, 4.69) is 21.7 Å². The van der Waals surface area contributed by atoms with Crippen molar-refractivity contribution in [3.8, 4) is 44.9 Å². The van der Waals surface area contributed by atoms with Gasteiger partial charge in [-0.2, -0.15) is 0 Å². The molecule has 9 rings (SSSR count). The number of nitrogens with zero attached hydrogens (tertiary/aromatic N) is 4. The summed E-state index contributed by atoms with van der Waals surface area (Å²) in [5.74, 6) is -0.290. The van der Waals surface area contributed by atoms with Crippen LogP contribution in [0.1, 0.15) is 48.5 Å². The standard InChI is InChI=1S/C44H30Cl4N4O2/c45-32-13-8-24(21-34(32)47)31-23-39-42(40(41(31)44(53)54)28-11-15-36-25(19-28)5-4-18-49-36)51-43(52(39)30-6-2-1-3-7-30)29-12-17-37-26(20-29)10-16-38(50-37)27-9-14-33(46)35(48)22-27/h4-5,8-23,30H,1-3,6-7H2,(H,53,54). The molecule has 5 aromatic carbocycles. The van der Waals surface area contributed by atoms with E-state index in [0.717, 1.165) is 81.2 Å². The summed E-state index contributed by atoms with van der Waals surface area (Å²) < 4.78 is 2.34. The van der Waals surface area contributed by atoms with Crippen molar-refractivity contribution in [2.75, 3.05) is 0 Å². The summed E-state index contributed by atoms with van der Waals surface area (Å²) >= 11 is 25.4. The number of imidazole rings is 1. The van der Waals surface area contributed by atoms with Gasteiger partial charge in [0.05, 0.1) is 53.4 Å². The number of rotatable bonds is 6. The van der Waals surface area contributed by atoms with Gasteiger partial charge in [0.1, 0.15) is 5.82 Å². The number of carbonyl (C=O) groups is 1. The Balaban J connectivity index is 1.32. The fourth-order valence-electron chi connectivity index (χ4n) is 7.85. The minimum Gasteiger partial charge on any atom is -0.478 e. The van der Waals surface area contributed by atoms with Crippen LogP contribution in [0.3, 0.4) is 0 Å². The summed E-state index contributed by atoms with van der Waals surface area (Å²) in [5.41, 5.74) is 8.29. The molecule has 3 aromatic heterocycles. The van der Waals surface area contributed by atoms with E-state index in [0.29, 0.717) is 42.3 Å². The Morgan fingerprint density at radius 2 is 1.31 bits per heavy atom. The molecule has 54 heavy (non-hydrogen) atoms. The number of hydrogen-bond donors (Lipinski definition) is 1. The fourth-order valence-corrected chi connectivity index (χ4v) is 8.44. The van der Waals surface area contributed by atoms with Gasteiger partial charge in [-0.3, -0.25) is 4.98 Å². The Morgan fingerprint density at radius 1 is 0.648 bits per heavy atom. The molecule has 0 saturated heterocycles. The molecule has 8 aromatic rings. The Hall–Kier alpha value is -4.98. The topological polar surface area (TPSA) is 80.9 Å². The minimum atomic E-state index is -1.07. The summed E-state index contributed by atoms with van der Waals surface area (Å²) in [6.07, 6.45) is 7.09. The lowest BCUT2D eigenvalue weighted by Crippen LogP contribution is -2.14. The molecule has 3 heterocycles. The third-order valence-electron chi connectivity index (χ3n) is 10.4. The van der Waals surface area contributed by atoms with Crippen LogP contribution in [-0.4, -0.2) is 30.6 Å². The molecule has 1 fully saturated rings. The van der Waals surface area contributed by atoms with Crippen molar-refractivity contribution in [3.05, 3.63) is 135 Å². The first-order valence-electron chi connectivity index (χ1n) is 17.7. The van der Waals surface area contributed by atoms with E-state index in [1.54, 1.807) is 24.4 Å². The number of aromatic nitrogens is 4. The van der Waals surface area contributed by atoms with Gasteiger partial charge in [-0.05, 0) is 102 Å². The molecular formula is C44H30Cl4N4O2. The first kappa shape index (κ1) is 34.8. The van der Waals surface area contributed by atoms with E-state index in [4.69, 9.17) is 56.4 Å². The summed E-state index contributed by atoms with van der Waals surface area (Å²) in [6.45, 7) is 0. The summed E-state index contributed by atoms with van der Waals surface area (Å²) in [4.78, 5) is 28.4. The van der Waals surface area contributed by atoms with Crippen molar-refractivity contribution in [1.29, 1.82) is 0 Å². The van der Waals surface area contributed by atoms with E-state index in [1.807, 2.05) is 72.8 Å². The van der Waals surface area contributed by atoms with Crippen LogP contribution in [0.15, 0.2) is 109 Å². The Bertz CT molecular complexity index is 2810. The molecule has 0 unspecified atom stereocenters. The Labute approximate surface area is 331 Å². The summed E-state index contributed by atoms with van der Waals surface area (Å²) in [7, 11) is 0. The van der Waals surface area contributed by atoms with Gasteiger partial charge in [0.15, 0.2) is 0 Å². The lowest BCUT2D eigenvalue weighted by atomic mass is 9.89. The fraction of sp³-hybridized carbons (Fsp3) is 0.136. The molecule has 266 valence electrons. The second-order valence-corrected chi connectivity index (χ2v) is 15.3. The van der Waals surface area contributed by atoms with Gasteiger partial charge in [-0.15, -0.1) is 0 Å². The highest BCUT2D eigenvalue weighted by Crippen LogP contribution is 2.45. The van der Waals surface area contributed by atoms with Crippen LogP contribution in [0, 0.1) is 0 Å². The second-order valence-electron chi connectivity index (χ2n) is 13.7. The van der Waals surface area contributed by atoms with Gasteiger partial charge in [-0.25, -0.2) is 14.8 Å². The quantitative estimate of drug-likeness (QED) is 0.181. The zero-order valence-corrected chi connectivity index (χ0v) is 31.7. The molecule has 0 aliphatic heterocycles. The number of pyridine rings is 2. The molecule has 0 radical (unpaired) electrons. The Kier molecular flexibility index (Phi) is 9.03. The molecule has 0 bridgehead atoms. The number of carboxylic acid groups (broad SMARTS) is 1. The molecule has 1 saturated carbocycles. The molecule has 0 spiro atoms. The average molecular weight is 789 g/mol. The average Bonchev–Trinajstić information content (AvgIpc) is 3.58. The predicted octanol–water partition coefficient (Wildman–Crippen LogP) is 13.6. The number of aromatic carboxylic acids is 1. The number of carboxylic acids is 1. The lowest BCUT2D eigenvalue weighted by molar-refractivity contribution is 0.0698. The van der Waals surface area contributed by atoms with Crippen molar-refractivity contribution in [1.82, 2.24) is 19.5 Å². The van der Waals surface area contributed by atoms with Crippen LogP contribution in [0.4, 0.5) is 0 Å². The van der Waals surface area contributed by atoms with Crippen LogP contribution in [0.2, 0.25) is 20.1 Å². The second kappa shape index (κ2) is 14.0. The first-order valence-corrected chi connectivity index (χ1v) is 19.2. The number of hydrogen-bond acceptors (Lipinski definition) is 4. The van der Waals surface area contributed by atoms with E-state index < -0.39 is 5.97 Å². The van der Waals surface area contributed by atoms with Crippen LogP contribution < -0.4 is 0 Å². The van der Waals surface area contributed by atoms with Crippen LogP contribution in [0.25, 0.3) is 77.7 Å². The summed E-state index contributed by atoms with van der Waals surface area (Å²) in [5, 5.41) is 14.6. The smallest absolute Gasteiger partial charge is 0.337 e. The molecule has 0 amide bonds. The highest BCUT2D eigenvalue weighted by molar-refractivity contribution is 6.42. The van der Waals surface area contributed by atoms with Crippen molar-refractivity contribution >= 4 is 85.2 Å². The van der Waals surface area contributed by atoms with Gasteiger partial charge in [-0.1, -0.05) is 96.0 Å². The maximum absolute atomic E-state index is 13.5. The number of benzene rings is 5. The van der Waals surface area contributed by atoms with E-state index in [9.17, 15) is 9.90 Å². The van der Waals surface area contributed by atoms with Crippen molar-refractivity contribution in [2.45, 2.75) is 38.1 Å². The van der Waals surface area contributed by atoms with Crippen molar-refractivity contribution in [2.24, 2.45) is 0 Å². The Morgan fingerprint density at radius 3 is 2.07 bits per heavy atom. The predicted molar refractivity (Wildman–Crippen MR) is 221 cm³/mol. The van der Waals surface area contributed by atoms with Gasteiger partial charge in [0.25, 0.3) is 0 Å². The monoisotopic (exact) mass is 786 g/mol. The number of halogens is 4. The molecule has 1 N–H and O–H groups in total. The normalized spacial score (nSPS) is 13.6. The maximum atomic E-state index is 13.5.